The van der Waals surface area contributed by atoms with Crippen molar-refractivity contribution in [2.24, 2.45) is 0 Å². The van der Waals surface area contributed by atoms with Gasteiger partial charge in [-0.1, -0.05) is 19.1 Å². The molecule has 1 unspecified atom stereocenters. The SMILES string of the molecule is CCCOC1c2[nH]c3ncc(C)cc3c2C(c2cccc(NCC)c2)=CN1C. The van der Waals surface area contributed by atoms with Gasteiger partial charge in [0.05, 0.1) is 5.69 Å². The average molecular weight is 377 g/mol. The van der Waals surface area contributed by atoms with Crippen molar-refractivity contribution in [2.45, 2.75) is 33.4 Å². The molecule has 2 aromatic heterocycles. The molecule has 3 aromatic rings. The predicted molar refractivity (Wildman–Crippen MR) is 115 cm³/mol. The maximum atomic E-state index is 6.19. The molecule has 3 heterocycles. The summed E-state index contributed by atoms with van der Waals surface area (Å²) in [5.41, 5.74) is 7.83. The second kappa shape index (κ2) is 7.68. The Labute approximate surface area is 166 Å². The Hall–Kier alpha value is -2.79. The second-order valence-electron chi connectivity index (χ2n) is 7.37. The molecule has 1 aliphatic heterocycles. The van der Waals surface area contributed by atoms with E-state index in [2.05, 4.69) is 84.5 Å². The molecule has 0 bridgehead atoms. The number of aryl methyl sites for hydroxylation is 1. The molecule has 1 atom stereocenters. The maximum Gasteiger partial charge on any atom is 0.171 e. The molecule has 0 radical (unpaired) electrons. The van der Waals surface area contributed by atoms with Gasteiger partial charge in [-0.15, -0.1) is 0 Å². The van der Waals surface area contributed by atoms with Crippen molar-refractivity contribution in [3.8, 4) is 0 Å². The highest BCUT2D eigenvalue weighted by Crippen LogP contribution is 2.42. The summed E-state index contributed by atoms with van der Waals surface area (Å²) in [6, 6.07) is 10.8. The van der Waals surface area contributed by atoms with Crippen molar-refractivity contribution >= 4 is 22.3 Å². The molecule has 0 saturated carbocycles. The molecule has 0 saturated heterocycles. The molecule has 5 heteroatoms. The third-order valence-corrected chi connectivity index (χ3v) is 5.07. The molecule has 1 aromatic carbocycles. The van der Waals surface area contributed by atoms with E-state index in [0.717, 1.165) is 47.6 Å². The lowest BCUT2D eigenvalue weighted by Crippen LogP contribution is -2.27. The van der Waals surface area contributed by atoms with Gasteiger partial charge < -0.3 is 19.9 Å². The van der Waals surface area contributed by atoms with Crippen molar-refractivity contribution in [1.82, 2.24) is 14.9 Å². The molecular formula is C23H28N4O. The first-order chi connectivity index (χ1) is 13.6. The fourth-order valence-corrected chi connectivity index (χ4v) is 3.86. The van der Waals surface area contributed by atoms with E-state index in [-0.39, 0.29) is 6.23 Å². The van der Waals surface area contributed by atoms with Gasteiger partial charge in [-0.3, -0.25) is 0 Å². The molecule has 0 amide bonds. The zero-order valence-electron chi connectivity index (χ0n) is 17.0. The van der Waals surface area contributed by atoms with Gasteiger partial charge in [0, 0.05) is 54.8 Å². The Kier molecular flexibility index (Phi) is 5.09. The number of hydrogen-bond donors (Lipinski definition) is 2. The van der Waals surface area contributed by atoms with Crippen LogP contribution in [0, 0.1) is 6.92 Å². The van der Waals surface area contributed by atoms with Crippen molar-refractivity contribution in [2.75, 3.05) is 25.5 Å². The number of H-pyrrole nitrogens is 1. The number of aromatic nitrogens is 2. The van der Waals surface area contributed by atoms with Crippen molar-refractivity contribution in [3.05, 3.63) is 65.1 Å². The van der Waals surface area contributed by atoms with E-state index < -0.39 is 0 Å². The number of ether oxygens (including phenoxy) is 1. The fraction of sp³-hybridized carbons (Fsp3) is 0.348. The summed E-state index contributed by atoms with van der Waals surface area (Å²) in [5.74, 6) is 0. The molecule has 5 nitrogen and oxygen atoms in total. The van der Waals surface area contributed by atoms with Crippen LogP contribution >= 0.6 is 0 Å². The predicted octanol–water partition coefficient (Wildman–Crippen LogP) is 5.06. The van der Waals surface area contributed by atoms with Crippen LogP contribution in [0.5, 0.6) is 0 Å². The van der Waals surface area contributed by atoms with Crippen LogP contribution < -0.4 is 5.32 Å². The number of rotatable bonds is 6. The van der Waals surface area contributed by atoms with Crippen molar-refractivity contribution < 1.29 is 4.74 Å². The van der Waals surface area contributed by atoms with Gasteiger partial charge in [-0.05, 0) is 49.6 Å². The highest BCUT2D eigenvalue weighted by atomic mass is 16.5. The van der Waals surface area contributed by atoms with Crippen LogP contribution in [0.3, 0.4) is 0 Å². The largest absolute Gasteiger partial charge is 0.385 e. The fourth-order valence-electron chi connectivity index (χ4n) is 3.86. The van der Waals surface area contributed by atoms with Crippen LogP contribution in [0.4, 0.5) is 5.69 Å². The number of aromatic amines is 1. The molecule has 2 N–H and O–H groups in total. The summed E-state index contributed by atoms with van der Waals surface area (Å²) in [6.07, 6.45) is 4.96. The van der Waals surface area contributed by atoms with E-state index in [1.165, 1.54) is 16.7 Å². The van der Waals surface area contributed by atoms with E-state index in [4.69, 9.17) is 4.74 Å². The first-order valence-corrected chi connectivity index (χ1v) is 10.0. The van der Waals surface area contributed by atoms with E-state index in [1.807, 2.05) is 6.20 Å². The van der Waals surface area contributed by atoms with Crippen LogP contribution in [0.2, 0.25) is 0 Å². The minimum atomic E-state index is -0.134. The minimum Gasteiger partial charge on any atom is -0.385 e. The van der Waals surface area contributed by atoms with Crippen LogP contribution in [0.15, 0.2) is 42.7 Å². The standard InChI is InChI=1S/C23H28N4O/c1-5-10-28-23-21-20(18-11-15(3)13-25-22(18)26-21)19(14-27(23)4)16-8-7-9-17(12-16)24-6-2/h7-9,11-14,23-24H,5-6,10H2,1-4H3,(H,25,26). The Morgan fingerprint density at radius 2 is 2.11 bits per heavy atom. The minimum absolute atomic E-state index is 0.134. The van der Waals surface area contributed by atoms with Gasteiger partial charge in [-0.2, -0.15) is 0 Å². The Morgan fingerprint density at radius 3 is 2.89 bits per heavy atom. The monoisotopic (exact) mass is 376 g/mol. The highest BCUT2D eigenvalue weighted by Gasteiger charge is 2.30. The van der Waals surface area contributed by atoms with E-state index in [9.17, 15) is 0 Å². The Morgan fingerprint density at radius 1 is 1.25 bits per heavy atom. The van der Waals surface area contributed by atoms with E-state index in [0.29, 0.717) is 0 Å². The lowest BCUT2D eigenvalue weighted by atomic mass is 9.93. The molecule has 146 valence electrons. The maximum absolute atomic E-state index is 6.19. The Bertz CT molecular complexity index is 1020. The summed E-state index contributed by atoms with van der Waals surface area (Å²) in [7, 11) is 2.07. The number of fused-ring (bicyclic) bond motifs is 3. The zero-order valence-corrected chi connectivity index (χ0v) is 17.0. The molecular weight excluding hydrogens is 348 g/mol. The first-order valence-electron chi connectivity index (χ1n) is 10.0. The van der Waals surface area contributed by atoms with Crippen molar-refractivity contribution in [3.63, 3.8) is 0 Å². The third kappa shape index (κ3) is 3.27. The zero-order chi connectivity index (χ0) is 19.7. The molecule has 0 aliphatic carbocycles. The summed E-state index contributed by atoms with van der Waals surface area (Å²) >= 11 is 0. The number of pyridine rings is 1. The molecule has 28 heavy (non-hydrogen) atoms. The van der Waals surface area contributed by atoms with E-state index >= 15 is 0 Å². The number of nitrogens with one attached hydrogen (secondary N) is 2. The van der Waals surface area contributed by atoms with E-state index in [1.54, 1.807) is 0 Å². The first kappa shape index (κ1) is 18.6. The van der Waals surface area contributed by atoms with Crippen LogP contribution in [0.25, 0.3) is 16.6 Å². The molecule has 0 fully saturated rings. The topological polar surface area (TPSA) is 53.2 Å². The van der Waals surface area contributed by atoms with Crippen LogP contribution in [0.1, 0.15) is 48.9 Å². The summed E-state index contributed by atoms with van der Waals surface area (Å²) < 4.78 is 6.19. The number of hydrogen-bond acceptors (Lipinski definition) is 4. The smallest absolute Gasteiger partial charge is 0.171 e. The van der Waals surface area contributed by atoms with Gasteiger partial charge in [0.25, 0.3) is 0 Å². The normalized spacial score (nSPS) is 16.2. The van der Waals surface area contributed by atoms with Gasteiger partial charge in [0.2, 0.25) is 0 Å². The Balaban J connectivity index is 1.90. The lowest BCUT2D eigenvalue weighted by molar-refractivity contribution is -0.0321. The number of benzene rings is 1. The molecule has 4 rings (SSSR count). The molecule has 1 aliphatic rings. The number of anilines is 1. The average Bonchev–Trinajstić information content (AvgIpc) is 3.06. The molecule has 0 spiro atoms. The number of nitrogens with zero attached hydrogens (tertiary/aromatic N) is 2. The van der Waals surface area contributed by atoms with Gasteiger partial charge in [-0.25, -0.2) is 4.98 Å². The summed E-state index contributed by atoms with van der Waals surface area (Å²) in [4.78, 5) is 10.3. The van der Waals surface area contributed by atoms with Gasteiger partial charge in [0.15, 0.2) is 6.23 Å². The quantitative estimate of drug-likeness (QED) is 0.631. The van der Waals surface area contributed by atoms with Gasteiger partial charge in [0.1, 0.15) is 5.65 Å². The van der Waals surface area contributed by atoms with Crippen LogP contribution in [-0.4, -0.2) is 35.1 Å². The summed E-state index contributed by atoms with van der Waals surface area (Å²) in [5, 5.41) is 4.56. The van der Waals surface area contributed by atoms with Gasteiger partial charge >= 0.3 is 0 Å². The highest BCUT2D eigenvalue weighted by molar-refractivity contribution is 5.98. The second-order valence-corrected chi connectivity index (χ2v) is 7.37. The van der Waals surface area contributed by atoms with Crippen molar-refractivity contribution in [1.29, 1.82) is 0 Å². The third-order valence-electron chi connectivity index (χ3n) is 5.07. The summed E-state index contributed by atoms with van der Waals surface area (Å²) in [6.45, 7) is 7.95. The van der Waals surface area contributed by atoms with Crippen LogP contribution in [-0.2, 0) is 4.74 Å². The lowest BCUT2D eigenvalue weighted by Gasteiger charge is -2.32.